The fourth-order valence-corrected chi connectivity index (χ4v) is 2.45. The van der Waals surface area contributed by atoms with Crippen LogP contribution in [-0.2, 0) is 11.2 Å². The summed E-state index contributed by atoms with van der Waals surface area (Å²) in [6.45, 7) is 6.39. The third kappa shape index (κ3) is 6.79. The van der Waals surface area contributed by atoms with Crippen molar-refractivity contribution in [3.8, 4) is 0 Å². The molecule has 2 aromatic carbocycles. The van der Waals surface area contributed by atoms with E-state index in [9.17, 15) is 4.79 Å². The second kappa shape index (κ2) is 10.9. The monoisotopic (exact) mass is 368 g/mol. The van der Waals surface area contributed by atoms with Gasteiger partial charge in [-0.25, -0.2) is 0 Å². The average Bonchev–Trinajstić information content (AvgIpc) is 2.53. The van der Waals surface area contributed by atoms with Crippen molar-refractivity contribution in [3.63, 3.8) is 0 Å². The molecule has 0 aromatic heterocycles. The highest BCUT2D eigenvalue weighted by Crippen LogP contribution is 2.33. The molecule has 4 nitrogen and oxygen atoms in total. The largest absolute Gasteiger partial charge is 0.481 e. The minimum Gasteiger partial charge on any atom is -0.481 e. The van der Waals surface area contributed by atoms with Crippen LogP contribution in [0.5, 0.6) is 0 Å². The highest BCUT2D eigenvalue weighted by molar-refractivity contribution is 6.39. The third-order valence-electron chi connectivity index (χ3n) is 3.08. The first-order valence-electron chi connectivity index (χ1n) is 7.71. The smallest absolute Gasteiger partial charge is 0.307 e. The zero-order chi connectivity index (χ0) is 17.9. The van der Waals surface area contributed by atoms with E-state index in [4.69, 9.17) is 28.3 Å². The minimum absolute atomic E-state index is 0.0642. The summed E-state index contributed by atoms with van der Waals surface area (Å²) in [4.78, 5) is 10.8. The van der Waals surface area contributed by atoms with Gasteiger partial charge in [-0.3, -0.25) is 4.79 Å². The number of rotatable bonds is 6. The number of carboxylic acids is 1. The summed E-state index contributed by atoms with van der Waals surface area (Å²) < 4.78 is 0. The van der Waals surface area contributed by atoms with Crippen LogP contribution in [0.25, 0.3) is 0 Å². The second-order valence-corrected chi connectivity index (χ2v) is 5.72. The number of hydrogen-bond donors (Lipinski definition) is 3. The van der Waals surface area contributed by atoms with Gasteiger partial charge >= 0.3 is 5.97 Å². The molecule has 3 N–H and O–H groups in total. The van der Waals surface area contributed by atoms with Crippen molar-refractivity contribution in [3.05, 3.63) is 58.1 Å². The lowest BCUT2D eigenvalue weighted by atomic mass is 10.1. The van der Waals surface area contributed by atoms with Gasteiger partial charge < -0.3 is 15.7 Å². The number of benzene rings is 2. The molecule has 2 aromatic rings. The van der Waals surface area contributed by atoms with Crippen molar-refractivity contribution in [1.82, 2.24) is 5.32 Å². The van der Waals surface area contributed by atoms with Gasteiger partial charge in [0.05, 0.1) is 22.2 Å². The van der Waals surface area contributed by atoms with Crippen molar-refractivity contribution >= 4 is 40.5 Å². The molecule has 0 aliphatic carbocycles. The Morgan fingerprint density at radius 3 is 2.08 bits per heavy atom. The number of halogens is 2. The molecule has 0 saturated carbocycles. The SMILES string of the molecule is CCNCC.O=C(O)Cc1ccccc1Nc1c(Cl)cccc1Cl. The van der Waals surface area contributed by atoms with Crippen LogP contribution in [0.4, 0.5) is 11.4 Å². The zero-order valence-electron chi connectivity index (χ0n) is 13.8. The summed E-state index contributed by atoms with van der Waals surface area (Å²) in [6.07, 6.45) is -0.0642. The number of para-hydroxylation sites is 2. The van der Waals surface area contributed by atoms with Crippen LogP contribution in [0, 0.1) is 0 Å². The standard InChI is InChI=1S/C14H11Cl2NO2.C4H11N/c15-10-5-3-6-11(16)14(10)17-12-7-2-1-4-9(12)8-13(18)19;1-3-5-4-2/h1-7,17H,8H2,(H,18,19);5H,3-4H2,1-2H3. The Morgan fingerprint density at radius 2 is 1.58 bits per heavy atom. The molecule has 0 unspecified atom stereocenters. The first-order valence-corrected chi connectivity index (χ1v) is 8.46. The molecule has 0 amide bonds. The van der Waals surface area contributed by atoms with E-state index in [1.165, 1.54) is 0 Å². The predicted octanol–water partition coefficient (Wildman–Crippen LogP) is 4.98. The second-order valence-electron chi connectivity index (χ2n) is 4.91. The van der Waals surface area contributed by atoms with Gasteiger partial charge in [0.25, 0.3) is 0 Å². The van der Waals surface area contributed by atoms with Crippen molar-refractivity contribution in [2.75, 3.05) is 18.4 Å². The van der Waals surface area contributed by atoms with Crippen molar-refractivity contribution in [1.29, 1.82) is 0 Å². The van der Waals surface area contributed by atoms with Crippen LogP contribution in [-0.4, -0.2) is 24.2 Å². The Bertz CT molecular complexity index is 641. The summed E-state index contributed by atoms with van der Waals surface area (Å²) in [6, 6.07) is 12.3. The molecule has 0 fully saturated rings. The normalized spacial score (nSPS) is 9.83. The van der Waals surface area contributed by atoms with Crippen LogP contribution in [0.15, 0.2) is 42.5 Å². The quantitative estimate of drug-likeness (QED) is 0.672. The maximum Gasteiger partial charge on any atom is 0.307 e. The minimum atomic E-state index is -0.889. The van der Waals surface area contributed by atoms with Crippen LogP contribution < -0.4 is 10.6 Å². The maximum absolute atomic E-state index is 10.8. The zero-order valence-corrected chi connectivity index (χ0v) is 15.3. The molecular formula is C18H22Cl2N2O2. The van der Waals surface area contributed by atoms with E-state index in [0.29, 0.717) is 27.0 Å². The number of anilines is 2. The number of aliphatic carboxylic acids is 1. The van der Waals surface area contributed by atoms with Crippen LogP contribution in [0.1, 0.15) is 19.4 Å². The highest BCUT2D eigenvalue weighted by atomic mass is 35.5. The van der Waals surface area contributed by atoms with Gasteiger partial charge in [-0.05, 0) is 36.9 Å². The number of carboxylic acid groups (broad SMARTS) is 1. The van der Waals surface area contributed by atoms with Gasteiger partial charge in [-0.1, -0.05) is 61.3 Å². The van der Waals surface area contributed by atoms with Gasteiger partial charge in [0.15, 0.2) is 0 Å². The fraction of sp³-hybridized carbons (Fsp3) is 0.278. The van der Waals surface area contributed by atoms with E-state index in [1.807, 2.05) is 6.07 Å². The summed E-state index contributed by atoms with van der Waals surface area (Å²) in [5.74, 6) is -0.889. The molecule has 0 heterocycles. The van der Waals surface area contributed by atoms with Crippen molar-refractivity contribution in [2.45, 2.75) is 20.3 Å². The molecule has 0 aliphatic rings. The molecule has 24 heavy (non-hydrogen) atoms. The van der Waals surface area contributed by atoms with E-state index in [2.05, 4.69) is 24.5 Å². The molecule has 0 radical (unpaired) electrons. The van der Waals surface area contributed by atoms with E-state index in [0.717, 1.165) is 13.1 Å². The molecule has 130 valence electrons. The van der Waals surface area contributed by atoms with Gasteiger partial charge in [0.2, 0.25) is 0 Å². The van der Waals surface area contributed by atoms with Crippen molar-refractivity contribution in [2.24, 2.45) is 0 Å². The molecule has 0 atom stereocenters. The highest BCUT2D eigenvalue weighted by Gasteiger charge is 2.10. The number of hydrogen-bond acceptors (Lipinski definition) is 3. The average molecular weight is 369 g/mol. The van der Waals surface area contributed by atoms with E-state index in [-0.39, 0.29) is 6.42 Å². The topological polar surface area (TPSA) is 61.4 Å². The van der Waals surface area contributed by atoms with Gasteiger partial charge in [-0.15, -0.1) is 0 Å². The maximum atomic E-state index is 10.8. The van der Waals surface area contributed by atoms with Gasteiger partial charge in [-0.2, -0.15) is 0 Å². The molecule has 6 heteroatoms. The summed E-state index contributed by atoms with van der Waals surface area (Å²) in [5, 5.41) is 16.1. The third-order valence-corrected chi connectivity index (χ3v) is 3.71. The van der Waals surface area contributed by atoms with E-state index < -0.39 is 5.97 Å². The van der Waals surface area contributed by atoms with Crippen molar-refractivity contribution < 1.29 is 9.90 Å². The predicted molar refractivity (Wildman–Crippen MR) is 102 cm³/mol. The molecule has 0 bridgehead atoms. The van der Waals surface area contributed by atoms with Crippen LogP contribution >= 0.6 is 23.2 Å². The summed E-state index contributed by atoms with van der Waals surface area (Å²) in [5.41, 5.74) is 1.93. The number of nitrogens with one attached hydrogen (secondary N) is 2. The molecule has 0 saturated heterocycles. The summed E-state index contributed by atoms with van der Waals surface area (Å²) >= 11 is 12.1. The Balaban J connectivity index is 0.000000505. The number of carbonyl (C=O) groups is 1. The van der Waals surface area contributed by atoms with Crippen LogP contribution in [0.2, 0.25) is 10.0 Å². The molecule has 0 spiro atoms. The Labute approximate surface area is 152 Å². The Morgan fingerprint density at radius 1 is 1.00 bits per heavy atom. The first-order chi connectivity index (χ1) is 11.5. The Kier molecular flexibility index (Phi) is 9.23. The lowest BCUT2D eigenvalue weighted by Crippen LogP contribution is -2.09. The molecular weight excluding hydrogens is 347 g/mol. The van der Waals surface area contributed by atoms with Gasteiger partial charge in [0, 0.05) is 5.69 Å². The lowest BCUT2D eigenvalue weighted by Gasteiger charge is -2.13. The molecule has 2 rings (SSSR count). The van der Waals surface area contributed by atoms with E-state index in [1.54, 1.807) is 36.4 Å². The lowest BCUT2D eigenvalue weighted by molar-refractivity contribution is -0.136. The van der Waals surface area contributed by atoms with E-state index >= 15 is 0 Å². The summed E-state index contributed by atoms with van der Waals surface area (Å²) in [7, 11) is 0. The molecule has 0 aliphatic heterocycles. The fourth-order valence-electron chi connectivity index (χ4n) is 1.96. The van der Waals surface area contributed by atoms with Gasteiger partial charge in [0.1, 0.15) is 0 Å². The first kappa shape index (κ1) is 20.3. The Hall–Kier alpha value is -1.75. The van der Waals surface area contributed by atoms with Crippen LogP contribution in [0.3, 0.4) is 0 Å².